The summed E-state index contributed by atoms with van der Waals surface area (Å²) in [6.45, 7) is 7.21. The van der Waals surface area contributed by atoms with E-state index < -0.39 is 0 Å². The summed E-state index contributed by atoms with van der Waals surface area (Å²) in [6, 6.07) is 6.48. The molecule has 202 valence electrons. The number of pyridine rings is 2. The van der Waals surface area contributed by atoms with Gasteiger partial charge >= 0.3 is 0 Å². The molecule has 3 aromatic heterocycles. The van der Waals surface area contributed by atoms with E-state index in [-0.39, 0.29) is 11.7 Å². The maximum absolute atomic E-state index is 13.2. The summed E-state index contributed by atoms with van der Waals surface area (Å²) in [7, 11) is 0. The summed E-state index contributed by atoms with van der Waals surface area (Å²) in [5.41, 5.74) is 3.83. The summed E-state index contributed by atoms with van der Waals surface area (Å²) in [4.78, 5) is 22.4. The third-order valence-electron chi connectivity index (χ3n) is 8.67. The van der Waals surface area contributed by atoms with Crippen molar-refractivity contribution in [3.63, 3.8) is 0 Å². The molecule has 9 heteroatoms. The van der Waals surface area contributed by atoms with Gasteiger partial charge in [-0.15, -0.1) is 5.10 Å². The first-order valence-electron chi connectivity index (χ1n) is 14.5. The highest BCUT2D eigenvalue weighted by Crippen LogP contribution is 2.27. The Bertz CT molecular complexity index is 1280. The smallest absolute Gasteiger partial charge is 0.254 e. The lowest BCUT2D eigenvalue weighted by atomic mass is 9.85. The van der Waals surface area contributed by atoms with E-state index in [2.05, 4.69) is 42.5 Å². The number of anilines is 2. The van der Waals surface area contributed by atoms with Gasteiger partial charge in [0.25, 0.3) is 5.56 Å². The molecule has 2 aliphatic heterocycles. The van der Waals surface area contributed by atoms with Crippen molar-refractivity contribution in [2.24, 2.45) is 5.92 Å². The van der Waals surface area contributed by atoms with Gasteiger partial charge in [-0.3, -0.25) is 14.3 Å². The maximum Gasteiger partial charge on any atom is 0.254 e. The Morgan fingerprint density at radius 3 is 2.61 bits per heavy atom. The van der Waals surface area contributed by atoms with E-state index in [4.69, 9.17) is 0 Å². The Kier molecular flexibility index (Phi) is 7.44. The molecule has 2 saturated heterocycles. The van der Waals surface area contributed by atoms with Gasteiger partial charge in [0.1, 0.15) is 11.9 Å². The number of nitrogens with one attached hydrogen (secondary N) is 1. The predicted octanol–water partition coefficient (Wildman–Crippen LogP) is 3.92. The zero-order valence-corrected chi connectivity index (χ0v) is 22.5. The zero-order chi connectivity index (χ0) is 25.9. The number of nitrogens with zero attached hydrogens (tertiary/aromatic N) is 7. The minimum Gasteiger partial charge on any atom is -0.370 e. The first-order valence-corrected chi connectivity index (χ1v) is 14.5. The fraction of sp³-hybridized carbons (Fsp3) is 0.586. The highest BCUT2D eigenvalue weighted by Gasteiger charge is 2.24. The summed E-state index contributed by atoms with van der Waals surface area (Å²) in [5.74, 6) is 0.864. The van der Waals surface area contributed by atoms with Crippen LogP contribution in [0.3, 0.4) is 0 Å². The van der Waals surface area contributed by atoms with Crippen molar-refractivity contribution in [2.75, 3.05) is 42.5 Å². The van der Waals surface area contributed by atoms with E-state index in [1.807, 2.05) is 31.7 Å². The molecule has 9 nitrogen and oxygen atoms in total. The first kappa shape index (κ1) is 25.1. The quantitative estimate of drug-likeness (QED) is 0.486. The molecule has 1 aliphatic carbocycles. The van der Waals surface area contributed by atoms with Crippen LogP contribution in [0.4, 0.5) is 11.4 Å². The Labute approximate surface area is 224 Å². The van der Waals surface area contributed by atoms with Gasteiger partial charge in [-0.25, -0.2) is 4.68 Å². The van der Waals surface area contributed by atoms with Crippen LogP contribution in [0.5, 0.6) is 0 Å². The van der Waals surface area contributed by atoms with Crippen LogP contribution in [0, 0.1) is 5.92 Å². The maximum atomic E-state index is 13.2. The second kappa shape index (κ2) is 11.3. The molecule has 0 radical (unpaired) electrons. The normalized spacial score (nSPS) is 21.3. The molecule has 38 heavy (non-hydrogen) atoms. The van der Waals surface area contributed by atoms with E-state index in [1.54, 1.807) is 15.3 Å². The molecule has 1 N–H and O–H groups in total. The molecule has 6 rings (SSSR count). The SMILES string of the molecule is CC(n1cc(-c2cncc(N3CCCCC3)c2)nn1)n1ccc(N2CCC[C@@H](NCC3CCC3)C2)cc1=O. The minimum atomic E-state index is -0.283. The predicted molar refractivity (Wildman–Crippen MR) is 151 cm³/mol. The minimum absolute atomic E-state index is 0.0228. The van der Waals surface area contributed by atoms with Crippen LogP contribution in [0.25, 0.3) is 11.3 Å². The van der Waals surface area contributed by atoms with Gasteiger partial charge < -0.3 is 15.1 Å². The number of hydrogen-bond acceptors (Lipinski definition) is 7. The molecule has 3 aliphatic rings. The van der Waals surface area contributed by atoms with Crippen LogP contribution in [0.1, 0.15) is 64.5 Å². The highest BCUT2D eigenvalue weighted by atomic mass is 16.1. The van der Waals surface area contributed by atoms with E-state index in [9.17, 15) is 4.79 Å². The Morgan fingerprint density at radius 2 is 1.82 bits per heavy atom. The van der Waals surface area contributed by atoms with Gasteiger partial charge in [0.15, 0.2) is 0 Å². The molecule has 1 unspecified atom stereocenters. The molecule has 0 amide bonds. The number of aromatic nitrogens is 5. The summed E-state index contributed by atoms with van der Waals surface area (Å²) in [5, 5.41) is 12.6. The number of hydrogen-bond donors (Lipinski definition) is 1. The number of piperidine rings is 2. The molecule has 5 heterocycles. The molecule has 2 atom stereocenters. The molecule has 3 aromatic rings. The summed E-state index contributed by atoms with van der Waals surface area (Å²) in [6.07, 6.45) is 17.5. The van der Waals surface area contributed by atoms with Crippen molar-refractivity contribution in [3.05, 3.63) is 53.3 Å². The van der Waals surface area contributed by atoms with Crippen molar-refractivity contribution in [1.29, 1.82) is 0 Å². The second-order valence-corrected chi connectivity index (χ2v) is 11.3. The second-order valence-electron chi connectivity index (χ2n) is 11.3. The number of rotatable bonds is 8. The standard InChI is InChI=1S/C29H40N8O/c1-22(37-21-28(32-33-37)24-15-27(19-30-18-24)34-11-3-2-4-12-34)36-14-10-26(16-29(36)38)35-13-6-9-25(20-35)31-17-23-7-5-8-23/h10,14-16,18-19,21-23,25,31H,2-9,11-13,17,20H2,1H3/t22?,25-/m1/s1. The third kappa shape index (κ3) is 5.48. The molecule has 3 fully saturated rings. The first-order chi connectivity index (χ1) is 18.6. The lowest BCUT2D eigenvalue weighted by Crippen LogP contribution is -2.47. The van der Waals surface area contributed by atoms with E-state index in [0.717, 1.165) is 67.7 Å². The van der Waals surface area contributed by atoms with Gasteiger partial charge in [0, 0.05) is 61.9 Å². The van der Waals surface area contributed by atoms with Crippen molar-refractivity contribution in [2.45, 2.75) is 70.5 Å². The monoisotopic (exact) mass is 516 g/mol. The third-order valence-corrected chi connectivity index (χ3v) is 8.67. The van der Waals surface area contributed by atoms with Gasteiger partial charge in [-0.1, -0.05) is 11.6 Å². The van der Waals surface area contributed by atoms with Crippen LogP contribution >= 0.6 is 0 Å². The Morgan fingerprint density at radius 1 is 0.974 bits per heavy atom. The fourth-order valence-electron chi connectivity index (χ4n) is 6.01. The molecule has 0 aromatic carbocycles. The highest BCUT2D eigenvalue weighted by molar-refractivity contribution is 5.63. The largest absolute Gasteiger partial charge is 0.370 e. The average molecular weight is 517 g/mol. The zero-order valence-electron chi connectivity index (χ0n) is 22.5. The van der Waals surface area contributed by atoms with Gasteiger partial charge in [0.2, 0.25) is 0 Å². The van der Waals surface area contributed by atoms with Gasteiger partial charge in [0.05, 0.1) is 18.1 Å². The molecular formula is C29H40N8O. The van der Waals surface area contributed by atoms with Crippen LogP contribution in [-0.4, -0.2) is 63.3 Å². The van der Waals surface area contributed by atoms with Crippen molar-refractivity contribution >= 4 is 11.4 Å². The molecule has 0 spiro atoms. The van der Waals surface area contributed by atoms with E-state index >= 15 is 0 Å². The Hall–Kier alpha value is -3.20. The molecule has 0 bridgehead atoms. The van der Waals surface area contributed by atoms with Crippen LogP contribution in [0.15, 0.2) is 47.8 Å². The van der Waals surface area contributed by atoms with Crippen molar-refractivity contribution in [1.82, 2.24) is 29.9 Å². The van der Waals surface area contributed by atoms with Gasteiger partial charge in [-0.05, 0) is 76.5 Å². The van der Waals surface area contributed by atoms with Crippen molar-refractivity contribution < 1.29 is 0 Å². The summed E-state index contributed by atoms with van der Waals surface area (Å²) >= 11 is 0. The summed E-state index contributed by atoms with van der Waals surface area (Å²) < 4.78 is 3.48. The van der Waals surface area contributed by atoms with Crippen LogP contribution < -0.4 is 20.7 Å². The topological polar surface area (TPSA) is 84.1 Å². The average Bonchev–Trinajstić information content (AvgIpc) is 3.43. The van der Waals surface area contributed by atoms with Crippen molar-refractivity contribution in [3.8, 4) is 11.3 Å². The fourth-order valence-corrected chi connectivity index (χ4v) is 6.01. The molecular weight excluding hydrogens is 476 g/mol. The van der Waals surface area contributed by atoms with E-state index in [1.165, 1.54) is 44.9 Å². The van der Waals surface area contributed by atoms with Crippen LogP contribution in [-0.2, 0) is 0 Å². The van der Waals surface area contributed by atoms with Crippen LogP contribution in [0.2, 0.25) is 0 Å². The van der Waals surface area contributed by atoms with E-state index in [0.29, 0.717) is 6.04 Å². The lowest BCUT2D eigenvalue weighted by Gasteiger charge is -2.36. The lowest BCUT2D eigenvalue weighted by molar-refractivity contribution is 0.280. The van der Waals surface area contributed by atoms with Gasteiger partial charge in [-0.2, -0.15) is 0 Å². The Balaban J connectivity index is 1.13. The molecule has 1 saturated carbocycles.